The third-order valence-electron chi connectivity index (χ3n) is 1.79. The zero-order valence-corrected chi connectivity index (χ0v) is 7.60. The summed E-state index contributed by atoms with van der Waals surface area (Å²) in [5, 5.41) is 2.09. The molecule has 0 bridgehead atoms. The van der Waals surface area contributed by atoms with Crippen LogP contribution in [-0.2, 0) is 0 Å². The molecule has 1 heterocycles. The van der Waals surface area contributed by atoms with Crippen LogP contribution in [0.5, 0.6) is 0 Å². The highest BCUT2D eigenvalue weighted by Gasteiger charge is 2.09. The van der Waals surface area contributed by atoms with Crippen LogP contribution in [0.1, 0.15) is 31.4 Å². The Kier molecular flexibility index (Phi) is 3.52. The lowest BCUT2D eigenvalue weighted by Gasteiger charge is -2.09. The third-order valence-corrected chi connectivity index (χ3v) is 2.40. The van der Waals surface area contributed by atoms with E-state index in [0.717, 1.165) is 13.0 Å². The monoisotopic (exact) mass is 170 g/mol. The number of nitrogens with zero attached hydrogens (tertiary/aromatic N) is 1. The summed E-state index contributed by atoms with van der Waals surface area (Å²) in [6.45, 7) is 2.90. The van der Waals surface area contributed by atoms with Crippen molar-refractivity contribution >= 4 is 11.3 Å². The molecule has 3 heteroatoms. The molecule has 1 aromatic heterocycles. The molecule has 0 fully saturated rings. The standard InChI is InChI=1S/C8H14N2S/c1-2-3-7(4-9)8-5-11-6-10-8/h5-7H,2-4,9H2,1H3. The van der Waals surface area contributed by atoms with Gasteiger partial charge in [-0.2, -0.15) is 0 Å². The molecule has 0 saturated heterocycles. The van der Waals surface area contributed by atoms with E-state index < -0.39 is 0 Å². The van der Waals surface area contributed by atoms with Gasteiger partial charge >= 0.3 is 0 Å². The van der Waals surface area contributed by atoms with Crippen LogP contribution in [0.25, 0.3) is 0 Å². The fourth-order valence-electron chi connectivity index (χ4n) is 1.16. The average molecular weight is 170 g/mol. The van der Waals surface area contributed by atoms with Gasteiger partial charge in [0.2, 0.25) is 0 Å². The first-order valence-electron chi connectivity index (χ1n) is 3.96. The Morgan fingerprint density at radius 1 is 1.73 bits per heavy atom. The third kappa shape index (κ3) is 2.27. The molecule has 0 spiro atoms. The SMILES string of the molecule is CCCC(CN)c1cscn1. The second-order valence-electron chi connectivity index (χ2n) is 2.63. The van der Waals surface area contributed by atoms with Gasteiger partial charge < -0.3 is 5.73 Å². The molecule has 0 aliphatic heterocycles. The topological polar surface area (TPSA) is 38.9 Å². The largest absolute Gasteiger partial charge is 0.330 e. The van der Waals surface area contributed by atoms with E-state index in [4.69, 9.17) is 5.73 Å². The smallest absolute Gasteiger partial charge is 0.0794 e. The first kappa shape index (κ1) is 8.68. The number of hydrogen-bond acceptors (Lipinski definition) is 3. The maximum Gasteiger partial charge on any atom is 0.0794 e. The van der Waals surface area contributed by atoms with E-state index in [1.54, 1.807) is 11.3 Å². The molecule has 1 aromatic rings. The Morgan fingerprint density at radius 2 is 2.55 bits per heavy atom. The Morgan fingerprint density at radius 3 is 3.00 bits per heavy atom. The highest BCUT2D eigenvalue weighted by molar-refractivity contribution is 7.07. The Bertz CT molecular complexity index is 184. The number of hydrogen-bond donors (Lipinski definition) is 1. The Hall–Kier alpha value is -0.410. The predicted molar refractivity (Wildman–Crippen MR) is 48.8 cm³/mol. The van der Waals surface area contributed by atoms with Crippen LogP contribution in [0.15, 0.2) is 10.9 Å². The summed E-state index contributed by atoms with van der Waals surface area (Å²) in [5.74, 6) is 0.478. The summed E-state index contributed by atoms with van der Waals surface area (Å²) in [6, 6.07) is 0. The van der Waals surface area contributed by atoms with Crippen molar-refractivity contribution in [1.29, 1.82) is 0 Å². The molecule has 0 aromatic carbocycles. The van der Waals surface area contributed by atoms with Gasteiger partial charge in [0.05, 0.1) is 11.2 Å². The summed E-state index contributed by atoms with van der Waals surface area (Å²) in [5.41, 5.74) is 8.65. The second kappa shape index (κ2) is 4.46. The summed E-state index contributed by atoms with van der Waals surface area (Å²) in [6.07, 6.45) is 2.33. The molecule has 1 rings (SSSR count). The molecule has 0 radical (unpaired) electrons. The van der Waals surface area contributed by atoms with Crippen molar-refractivity contribution in [2.24, 2.45) is 5.73 Å². The first-order valence-corrected chi connectivity index (χ1v) is 4.91. The van der Waals surface area contributed by atoms with E-state index in [-0.39, 0.29) is 0 Å². The van der Waals surface area contributed by atoms with Gasteiger partial charge in [0.1, 0.15) is 0 Å². The molecule has 0 saturated carbocycles. The van der Waals surface area contributed by atoms with E-state index in [2.05, 4.69) is 17.3 Å². The van der Waals surface area contributed by atoms with E-state index in [0.29, 0.717) is 5.92 Å². The van der Waals surface area contributed by atoms with Gasteiger partial charge in [0.25, 0.3) is 0 Å². The van der Waals surface area contributed by atoms with E-state index in [1.807, 2.05) is 5.51 Å². The van der Waals surface area contributed by atoms with Gasteiger partial charge in [0, 0.05) is 17.8 Å². The van der Waals surface area contributed by atoms with Crippen molar-refractivity contribution in [3.05, 3.63) is 16.6 Å². The molecule has 62 valence electrons. The minimum atomic E-state index is 0.478. The van der Waals surface area contributed by atoms with Crippen LogP contribution in [0.3, 0.4) is 0 Å². The van der Waals surface area contributed by atoms with Crippen LogP contribution in [0.2, 0.25) is 0 Å². The Balaban J connectivity index is 2.56. The second-order valence-corrected chi connectivity index (χ2v) is 3.35. The van der Waals surface area contributed by atoms with Crippen LogP contribution in [0.4, 0.5) is 0 Å². The molecule has 0 aliphatic carbocycles. The van der Waals surface area contributed by atoms with Crippen LogP contribution in [-0.4, -0.2) is 11.5 Å². The molecule has 0 aliphatic rings. The maximum absolute atomic E-state index is 5.61. The summed E-state index contributed by atoms with van der Waals surface area (Å²) < 4.78 is 0. The quantitative estimate of drug-likeness (QED) is 0.750. The van der Waals surface area contributed by atoms with Crippen LogP contribution >= 0.6 is 11.3 Å². The highest BCUT2D eigenvalue weighted by Crippen LogP contribution is 2.19. The van der Waals surface area contributed by atoms with E-state index >= 15 is 0 Å². The van der Waals surface area contributed by atoms with Crippen LogP contribution < -0.4 is 5.73 Å². The zero-order chi connectivity index (χ0) is 8.10. The molecule has 0 amide bonds. The number of rotatable bonds is 4. The van der Waals surface area contributed by atoms with Crippen molar-refractivity contribution < 1.29 is 0 Å². The molecule has 1 unspecified atom stereocenters. The van der Waals surface area contributed by atoms with Gasteiger partial charge in [-0.25, -0.2) is 4.98 Å². The predicted octanol–water partition coefficient (Wildman–Crippen LogP) is 1.99. The van der Waals surface area contributed by atoms with Crippen molar-refractivity contribution in [3.63, 3.8) is 0 Å². The van der Waals surface area contributed by atoms with Crippen molar-refractivity contribution in [3.8, 4) is 0 Å². The van der Waals surface area contributed by atoms with Gasteiger partial charge in [-0.3, -0.25) is 0 Å². The minimum absolute atomic E-state index is 0.478. The zero-order valence-electron chi connectivity index (χ0n) is 6.79. The fraction of sp³-hybridized carbons (Fsp3) is 0.625. The van der Waals surface area contributed by atoms with Crippen molar-refractivity contribution in [2.75, 3.05) is 6.54 Å². The minimum Gasteiger partial charge on any atom is -0.330 e. The lowest BCUT2D eigenvalue weighted by atomic mass is 10.0. The van der Waals surface area contributed by atoms with E-state index in [9.17, 15) is 0 Å². The van der Waals surface area contributed by atoms with E-state index in [1.165, 1.54) is 12.1 Å². The summed E-state index contributed by atoms with van der Waals surface area (Å²) in [7, 11) is 0. The molecule has 2 nitrogen and oxygen atoms in total. The number of aromatic nitrogens is 1. The van der Waals surface area contributed by atoms with Crippen molar-refractivity contribution in [2.45, 2.75) is 25.7 Å². The normalized spacial score (nSPS) is 13.3. The van der Waals surface area contributed by atoms with Gasteiger partial charge in [-0.15, -0.1) is 11.3 Å². The number of nitrogens with two attached hydrogens (primary N) is 1. The maximum atomic E-state index is 5.61. The molecule has 1 atom stereocenters. The summed E-state index contributed by atoms with van der Waals surface area (Å²) in [4.78, 5) is 4.24. The van der Waals surface area contributed by atoms with Gasteiger partial charge in [-0.05, 0) is 6.42 Å². The summed E-state index contributed by atoms with van der Waals surface area (Å²) >= 11 is 1.64. The Labute approximate surface area is 71.5 Å². The average Bonchev–Trinajstić information content (AvgIpc) is 2.52. The first-order chi connectivity index (χ1) is 5.38. The lowest BCUT2D eigenvalue weighted by Crippen LogP contribution is -2.12. The fourth-order valence-corrected chi connectivity index (χ4v) is 1.79. The molecular weight excluding hydrogens is 156 g/mol. The van der Waals surface area contributed by atoms with Crippen molar-refractivity contribution in [1.82, 2.24) is 4.98 Å². The number of thiazole rings is 1. The van der Waals surface area contributed by atoms with Crippen LogP contribution in [0, 0.1) is 0 Å². The molecule has 2 N–H and O–H groups in total. The molecule has 11 heavy (non-hydrogen) atoms. The highest BCUT2D eigenvalue weighted by atomic mass is 32.1. The molecular formula is C8H14N2S. The lowest BCUT2D eigenvalue weighted by molar-refractivity contribution is 0.610. The van der Waals surface area contributed by atoms with Gasteiger partial charge in [0.15, 0.2) is 0 Å². The van der Waals surface area contributed by atoms with Gasteiger partial charge in [-0.1, -0.05) is 13.3 Å².